The van der Waals surface area contributed by atoms with Crippen molar-refractivity contribution in [1.82, 2.24) is 25.5 Å². The minimum atomic E-state index is -0.270. The molecule has 0 radical (unpaired) electrons. The Morgan fingerprint density at radius 3 is 3.05 bits per heavy atom. The van der Waals surface area contributed by atoms with Gasteiger partial charge in [0, 0.05) is 4.88 Å². The van der Waals surface area contributed by atoms with E-state index in [-0.39, 0.29) is 11.9 Å². The second kappa shape index (κ2) is 5.49. The summed E-state index contributed by atoms with van der Waals surface area (Å²) >= 11 is 1.42. The highest BCUT2D eigenvalue weighted by Gasteiger charge is 2.20. The van der Waals surface area contributed by atoms with Crippen LogP contribution in [0.15, 0.2) is 29.1 Å². The molecule has 3 heterocycles. The maximum Gasteiger partial charge on any atom is 0.271 e. The average Bonchev–Trinajstić information content (AvgIpc) is 3.20. The zero-order valence-electron chi connectivity index (χ0n) is 11.5. The molecule has 1 unspecified atom stereocenters. The summed E-state index contributed by atoms with van der Waals surface area (Å²) in [6.07, 6.45) is 2.99. The normalized spacial score (nSPS) is 12.3. The first-order chi connectivity index (χ1) is 10.1. The van der Waals surface area contributed by atoms with Crippen molar-refractivity contribution in [2.24, 2.45) is 0 Å². The fourth-order valence-electron chi connectivity index (χ4n) is 1.87. The third-order valence-electron chi connectivity index (χ3n) is 2.94. The molecule has 0 aliphatic rings. The zero-order chi connectivity index (χ0) is 14.8. The summed E-state index contributed by atoms with van der Waals surface area (Å²) in [5.74, 6) is 1.01. The van der Waals surface area contributed by atoms with Crippen LogP contribution in [-0.4, -0.2) is 26.1 Å². The molecule has 0 saturated heterocycles. The monoisotopic (exact) mass is 303 g/mol. The van der Waals surface area contributed by atoms with E-state index in [0.717, 1.165) is 4.88 Å². The number of amides is 1. The van der Waals surface area contributed by atoms with Gasteiger partial charge >= 0.3 is 0 Å². The standard InChI is InChI=1S/C13H13N5O2S/c1-7(11-14-6-15-18-11)16-12(19)10-8(2)21-13(17-10)9-4-3-5-20-9/h3-7H,1-2H3,(H,16,19)(H,14,15,18). The number of aryl methyl sites for hydroxylation is 1. The molecule has 1 atom stereocenters. The number of hydrogen-bond donors (Lipinski definition) is 2. The molecular weight excluding hydrogens is 290 g/mol. The molecule has 2 N–H and O–H groups in total. The largest absolute Gasteiger partial charge is 0.462 e. The predicted octanol–water partition coefficient (Wildman–Crippen LogP) is 2.32. The number of carbonyl (C=O) groups is 1. The van der Waals surface area contributed by atoms with Crippen LogP contribution < -0.4 is 5.32 Å². The lowest BCUT2D eigenvalue weighted by molar-refractivity contribution is 0.0933. The Hall–Kier alpha value is -2.48. The van der Waals surface area contributed by atoms with Gasteiger partial charge in [0.15, 0.2) is 10.8 Å². The molecule has 3 aromatic rings. The van der Waals surface area contributed by atoms with E-state index in [1.165, 1.54) is 17.7 Å². The molecule has 0 saturated carbocycles. The van der Waals surface area contributed by atoms with Gasteiger partial charge in [0.25, 0.3) is 5.91 Å². The van der Waals surface area contributed by atoms with Gasteiger partial charge in [-0.25, -0.2) is 9.97 Å². The Kier molecular flexibility index (Phi) is 3.53. The predicted molar refractivity (Wildman–Crippen MR) is 76.8 cm³/mol. The number of hydrogen-bond acceptors (Lipinski definition) is 6. The molecule has 0 fully saturated rings. The van der Waals surface area contributed by atoms with E-state index in [0.29, 0.717) is 22.3 Å². The van der Waals surface area contributed by atoms with Crippen LogP contribution in [0.2, 0.25) is 0 Å². The quantitative estimate of drug-likeness (QED) is 0.771. The van der Waals surface area contributed by atoms with Crippen molar-refractivity contribution in [3.05, 3.63) is 41.1 Å². The fraction of sp³-hybridized carbons (Fsp3) is 0.231. The Balaban J connectivity index is 1.79. The maximum absolute atomic E-state index is 12.3. The van der Waals surface area contributed by atoms with Gasteiger partial charge in [-0.15, -0.1) is 11.3 Å². The first-order valence-corrected chi connectivity index (χ1v) is 7.14. The lowest BCUT2D eigenvalue weighted by Crippen LogP contribution is -2.28. The highest BCUT2D eigenvalue weighted by molar-refractivity contribution is 7.15. The summed E-state index contributed by atoms with van der Waals surface area (Å²) in [6.45, 7) is 3.69. The molecule has 1 amide bonds. The number of H-pyrrole nitrogens is 1. The molecule has 3 aromatic heterocycles. The molecule has 108 valence electrons. The van der Waals surface area contributed by atoms with Crippen molar-refractivity contribution >= 4 is 17.2 Å². The maximum atomic E-state index is 12.3. The van der Waals surface area contributed by atoms with Crippen LogP contribution in [0.5, 0.6) is 0 Å². The molecule has 0 aromatic carbocycles. The van der Waals surface area contributed by atoms with Gasteiger partial charge in [0.2, 0.25) is 0 Å². The van der Waals surface area contributed by atoms with Crippen molar-refractivity contribution < 1.29 is 9.21 Å². The number of rotatable bonds is 4. The Labute approximate surface area is 124 Å². The zero-order valence-corrected chi connectivity index (χ0v) is 12.3. The first-order valence-electron chi connectivity index (χ1n) is 6.32. The number of carbonyl (C=O) groups excluding carboxylic acids is 1. The van der Waals surface area contributed by atoms with E-state index >= 15 is 0 Å². The molecule has 0 aliphatic carbocycles. The van der Waals surface area contributed by atoms with Gasteiger partial charge in [-0.05, 0) is 26.0 Å². The summed E-state index contributed by atoms with van der Waals surface area (Å²) in [6, 6.07) is 3.34. The molecule has 0 bridgehead atoms. The highest BCUT2D eigenvalue weighted by atomic mass is 32.1. The third-order valence-corrected chi connectivity index (χ3v) is 3.92. The van der Waals surface area contributed by atoms with E-state index in [1.54, 1.807) is 12.3 Å². The first kappa shape index (κ1) is 13.5. The number of nitrogens with zero attached hydrogens (tertiary/aromatic N) is 3. The van der Waals surface area contributed by atoms with E-state index in [4.69, 9.17) is 4.42 Å². The molecular formula is C13H13N5O2S. The summed E-state index contributed by atoms with van der Waals surface area (Å²) in [5, 5.41) is 10.0. The Morgan fingerprint density at radius 1 is 1.52 bits per heavy atom. The number of furan rings is 1. The van der Waals surface area contributed by atoms with Crippen LogP contribution in [-0.2, 0) is 0 Å². The number of aromatic amines is 1. The molecule has 0 aliphatic heterocycles. The van der Waals surface area contributed by atoms with Gasteiger partial charge in [-0.1, -0.05) is 0 Å². The molecule has 3 rings (SSSR count). The van der Waals surface area contributed by atoms with Gasteiger partial charge in [-0.3, -0.25) is 9.89 Å². The molecule has 8 heteroatoms. The lowest BCUT2D eigenvalue weighted by atomic mass is 10.3. The summed E-state index contributed by atoms with van der Waals surface area (Å²) < 4.78 is 5.30. The van der Waals surface area contributed by atoms with E-state index in [2.05, 4.69) is 25.5 Å². The lowest BCUT2D eigenvalue weighted by Gasteiger charge is -2.09. The van der Waals surface area contributed by atoms with E-state index in [1.807, 2.05) is 19.9 Å². The number of aromatic nitrogens is 4. The van der Waals surface area contributed by atoms with Crippen molar-refractivity contribution in [2.75, 3.05) is 0 Å². The molecule has 7 nitrogen and oxygen atoms in total. The minimum absolute atomic E-state index is 0.245. The van der Waals surface area contributed by atoms with Crippen molar-refractivity contribution in [1.29, 1.82) is 0 Å². The van der Waals surface area contributed by atoms with Crippen molar-refractivity contribution in [3.8, 4) is 10.8 Å². The van der Waals surface area contributed by atoms with Crippen LogP contribution in [0.3, 0.4) is 0 Å². The van der Waals surface area contributed by atoms with Gasteiger partial charge in [0.05, 0.1) is 12.3 Å². The number of nitrogens with one attached hydrogen (secondary N) is 2. The van der Waals surface area contributed by atoms with Gasteiger partial charge < -0.3 is 9.73 Å². The highest BCUT2D eigenvalue weighted by Crippen LogP contribution is 2.28. The van der Waals surface area contributed by atoms with Crippen LogP contribution in [0.1, 0.15) is 34.2 Å². The number of thiazole rings is 1. The van der Waals surface area contributed by atoms with Crippen LogP contribution in [0.25, 0.3) is 10.8 Å². The Bertz CT molecular complexity index is 733. The van der Waals surface area contributed by atoms with Crippen molar-refractivity contribution in [3.63, 3.8) is 0 Å². The van der Waals surface area contributed by atoms with Gasteiger partial charge in [0.1, 0.15) is 17.8 Å². The summed E-state index contributed by atoms with van der Waals surface area (Å²) in [5.41, 5.74) is 0.401. The minimum Gasteiger partial charge on any atom is -0.462 e. The second-order valence-corrected chi connectivity index (χ2v) is 5.67. The molecule has 21 heavy (non-hydrogen) atoms. The fourth-order valence-corrected chi connectivity index (χ4v) is 2.75. The third kappa shape index (κ3) is 2.70. The topological polar surface area (TPSA) is 96.7 Å². The van der Waals surface area contributed by atoms with E-state index in [9.17, 15) is 4.79 Å². The SMILES string of the molecule is Cc1sc(-c2ccco2)nc1C(=O)NC(C)c1ncn[nH]1. The van der Waals surface area contributed by atoms with Crippen LogP contribution in [0.4, 0.5) is 0 Å². The van der Waals surface area contributed by atoms with Gasteiger partial charge in [-0.2, -0.15) is 5.10 Å². The van der Waals surface area contributed by atoms with Crippen LogP contribution in [0, 0.1) is 6.92 Å². The van der Waals surface area contributed by atoms with Crippen molar-refractivity contribution in [2.45, 2.75) is 19.9 Å². The Morgan fingerprint density at radius 2 is 2.38 bits per heavy atom. The van der Waals surface area contributed by atoms with Crippen LogP contribution >= 0.6 is 11.3 Å². The summed E-state index contributed by atoms with van der Waals surface area (Å²) in [4.78, 5) is 21.5. The van der Waals surface area contributed by atoms with E-state index < -0.39 is 0 Å². The average molecular weight is 303 g/mol. The summed E-state index contributed by atoms with van der Waals surface area (Å²) in [7, 11) is 0. The molecule has 0 spiro atoms. The second-order valence-electron chi connectivity index (χ2n) is 4.47. The smallest absolute Gasteiger partial charge is 0.271 e.